The summed E-state index contributed by atoms with van der Waals surface area (Å²) in [5.41, 5.74) is 7.78. The molecule has 0 bridgehead atoms. The number of amides is 1. The number of fused-ring (bicyclic) bond motifs is 1. The summed E-state index contributed by atoms with van der Waals surface area (Å²) < 4.78 is 4.62. The first-order valence-electron chi connectivity index (χ1n) is 5.12. The van der Waals surface area contributed by atoms with E-state index in [0.717, 1.165) is 5.56 Å². The van der Waals surface area contributed by atoms with Gasteiger partial charge in [-0.1, -0.05) is 42.5 Å². The second-order valence-corrected chi connectivity index (χ2v) is 3.52. The summed E-state index contributed by atoms with van der Waals surface area (Å²) in [4.78, 5) is 10.3. The Morgan fingerprint density at radius 2 is 1.88 bits per heavy atom. The van der Waals surface area contributed by atoms with Crippen LogP contribution in [0.5, 0.6) is 0 Å². The molecule has 0 fully saturated rings. The lowest BCUT2D eigenvalue weighted by molar-refractivity contribution is 0.156. The summed E-state index contributed by atoms with van der Waals surface area (Å²) in [6.07, 6.45) is -0.327. The summed E-state index contributed by atoms with van der Waals surface area (Å²) in [6, 6.07) is 14.1. The lowest BCUT2D eigenvalue weighted by Gasteiger charge is -2.06. The third kappa shape index (κ3) is 2.31. The van der Waals surface area contributed by atoms with E-state index in [1.54, 1.807) is 0 Å². The van der Waals surface area contributed by atoms with Crippen LogP contribution >= 0.6 is 0 Å². The SMILES string of the molecule is [NH]C(=O)OCCc1cccc2ccccc12. The van der Waals surface area contributed by atoms with Crippen LogP contribution in [0, 0.1) is 0 Å². The maximum atomic E-state index is 10.3. The first-order valence-corrected chi connectivity index (χ1v) is 5.12. The molecule has 3 nitrogen and oxygen atoms in total. The summed E-state index contributed by atoms with van der Waals surface area (Å²) in [5, 5.41) is 2.35. The number of carbonyl (C=O) groups excluding carboxylic acids is 1. The zero-order valence-corrected chi connectivity index (χ0v) is 8.77. The highest BCUT2D eigenvalue weighted by atomic mass is 16.5. The van der Waals surface area contributed by atoms with Crippen LogP contribution in [0.1, 0.15) is 5.56 Å². The molecule has 0 saturated carbocycles. The predicted molar refractivity (Wildman–Crippen MR) is 62.1 cm³/mol. The summed E-state index contributed by atoms with van der Waals surface area (Å²) in [7, 11) is 0. The van der Waals surface area contributed by atoms with Crippen LogP contribution < -0.4 is 5.73 Å². The van der Waals surface area contributed by atoms with E-state index in [1.165, 1.54) is 10.8 Å². The fourth-order valence-electron chi connectivity index (χ4n) is 1.76. The molecule has 0 unspecified atom stereocenters. The molecule has 0 aromatic heterocycles. The molecule has 0 saturated heterocycles. The van der Waals surface area contributed by atoms with Gasteiger partial charge in [-0.15, -0.1) is 0 Å². The van der Waals surface area contributed by atoms with Gasteiger partial charge in [-0.3, -0.25) is 0 Å². The fraction of sp³-hybridized carbons (Fsp3) is 0.154. The summed E-state index contributed by atoms with van der Waals surface area (Å²) in [6.45, 7) is 0.260. The van der Waals surface area contributed by atoms with Crippen molar-refractivity contribution in [2.75, 3.05) is 6.61 Å². The number of carbonyl (C=O) groups is 1. The Hall–Kier alpha value is -2.03. The molecule has 1 amide bonds. The molecule has 0 aliphatic heterocycles. The van der Waals surface area contributed by atoms with E-state index in [-0.39, 0.29) is 6.61 Å². The molecule has 0 heterocycles. The molecule has 2 aromatic carbocycles. The Labute approximate surface area is 93.8 Å². The van der Waals surface area contributed by atoms with E-state index < -0.39 is 6.09 Å². The summed E-state index contributed by atoms with van der Waals surface area (Å²) in [5.74, 6) is 0. The molecule has 16 heavy (non-hydrogen) atoms. The van der Waals surface area contributed by atoms with Crippen LogP contribution in [0.3, 0.4) is 0 Å². The van der Waals surface area contributed by atoms with Gasteiger partial charge in [0, 0.05) is 6.42 Å². The number of hydrogen-bond donors (Lipinski definition) is 0. The van der Waals surface area contributed by atoms with Crippen LogP contribution in [-0.4, -0.2) is 12.7 Å². The largest absolute Gasteiger partial charge is 0.448 e. The zero-order valence-electron chi connectivity index (χ0n) is 8.77. The molecular weight excluding hydrogens is 202 g/mol. The second kappa shape index (κ2) is 4.66. The van der Waals surface area contributed by atoms with Gasteiger partial charge in [0.05, 0.1) is 6.61 Å². The quantitative estimate of drug-likeness (QED) is 0.788. The highest BCUT2D eigenvalue weighted by molar-refractivity contribution is 5.85. The van der Waals surface area contributed by atoms with Gasteiger partial charge >= 0.3 is 6.09 Å². The Morgan fingerprint density at radius 3 is 2.69 bits per heavy atom. The van der Waals surface area contributed by atoms with Gasteiger partial charge in [0.1, 0.15) is 0 Å². The lowest BCUT2D eigenvalue weighted by atomic mass is 10.0. The van der Waals surface area contributed by atoms with E-state index in [4.69, 9.17) is 5.73 Å². The van der Waals surface area contributed by atoms with Crippen molar-refractivity contribution in [2.24, 2.45) is 0 Å². The van der Waals surface area contributed by atoms with Crippen molar-refractivity contribution in [1.29, 1.82) is 0 Å². The maximum absolute atomic E-state index is 10.3. The smallest absolute Gasteiger partial charge is 0.426 e. The fourth-order valence-corrected chi connectivity index (χ4v) is 1.76. The van der Waals surface area contributed by atoms with E-state index >= 15 is 0 Å². The first kappa shape index (κ1) is 10.5. The minimum Gasteiger partial charge on any atom is -0.448 e. The van der Waals surface area contributed by atoms with Crippen molar-refractivity contribution in [3.05, 3.63) is 48.0 Å². The standard InChI is InChI=1S/C13H12NO2/c14-13(15)16-9-8-11-6-3-5-10-4-1-2-7-12(10)11/h1-7,14H,8-9H2. The molecule has 0 aliphatic rings. The van der Waals surface area contributed by atoms with Crippen LogP contribution in [0.15, 0.2) is 42.5 Å². The van der Waals surface area contributed by atoms with E-state index in [9.17, 15) is 4.79 Å². The predicted octanol–water partition coefficient (Wildman–Crippen LogP) is 2.80. The molecule has 2 aromatic rings. The van der Waals surface area contributed by atoms with Gasteiger partial charge < -0.3 is 4.74 Å². The second-order valence-electron chi connectivity index (χ2n) is 3.52. The molecule has 3 heteroatoms. The van der Waals surface area contributed by atoms with Gasteiger partial charge in [0.2, 0.25) is 0 Å². The van der Waals surface area contributed by atoms with Gasteiger partial charge in [0.25, 0.3) is 0 Å². The molecule has 1 N–H and O–H groups in total. The van der Waals surface area contributed by atoms with Crippen LogP contribution in [0.2, 0.25) is 0 Å². The van der Waals surface area contributed by atoms with Gasteiger partial charge in [-0.25, -0.2) is 10.5 Å². The minimum atomic E-state index is -0.972. The van der Waals surface area contributed by atoms with Crippen molar-refractivity contribution in [3.63, 3.8) is 0 Å². The zero-order chi connectivity index (χ0) is 11.4. The van der Waals surface area contributed by atoms with Crippen molar-refractivity contribution >= 4 is 16.9 Å². The van der Waals surface area contributed by atoms with Crippen LogP contribution in [0.4, 0.5) is 4.79 Å². The topological polar surface area (TPSA) is 50.1 Å². The van der Waals surface area contributed by atoms with Crippen molar-refractivity contribution in [2.45, 2.75) is 6.42 Å². The molecule has 1 radical (unpaired) electrons. The van der Waals surface area contributed by atoms with Crippen LogP contribution in [0.25, 0.3) is 10.8 Å². The normalized spacial score (nSPS) is 10.2. The van der Waals surface area contributed by atoms with Crippen molar-refractivity contribution in [3.8, 4) is 0 Å². The Morgan fingerprint density at radius 1 is 1.12 bits per heavy atom. The molecule has 0 spiro atoms. The highest BCUT2D eigenvalue weighted by Gasteiger charge is 2.01. The number of nitrogens with one attached hydrogen (secondary N) is 1. The molecular formula is C13H12NO2. The Bertz CT molecular complexity index is 503. The number of hydrogen-bond acceptors (Lipinski definition) is 2. The highest BCUT2D eigenvalue weighted by Crippen LogP contribution is 2.18. The monoisotopic (exact) mass is 214 g/mol. The van der Waals surface area contributed by atoms with Gasteiger partial charge in [-0.05, 0) is 16.3 Å². The van der Waals surface area contributed by atoms with Crippen molar-refractivity contribution in [1.82, 2.24) is 5.73 Å². The Balaban J connectivity index is 2.20. The van der Waals surface area contributed by atoms with Gasteiger partial charge in [0.15, 0.2) is 0 Å². The molecule has 81 valence electrons. The average molecular weight is 214 g/mol. The van der Waals surface area contributed by atoms with E-state index in [2.05, 4.69) is 16.9 Å². The lowest BCUT2D eigenvalue weighted by Crippen LogP contribution is -2.06. The number of ether oxygens (including phenoxy) is 1. The molecule has 0 aliphatic carbocycles. The maximum Gasteiger partial charge on any atom is 0.426 e. The third-order valence-corrected chi connectivity index (χ3v) is 2.48. The minimum absolute atomic E-state index is 0.260. The average Bonchev–Trinajstić information content (AvgIpc) is 2.29. The van der Waals surface area contributed by atoms with E-state index in [1.807, 2.05) is 30.3 Å². The third-order valence-electron chi connectivity index (χ3n) is 2.48. The number of benzene rings is 2. The molecule has 0 atom stereocenters. The van der Waals surface area contributed by atoms with Crippen molar-refractivity contribution < 1.29 is 9.53 Å². The number of rotatable bonds is 3. The van der Waals surface area contributed by atoms with E-state index in [0.29, 0.717) is 6.42 Å². The molecule has 2 rings (SSSR count). The summed E-state index contributed by atoms with van der Waals surface area (Å²) >= 11 is 0. The first-order chi connectivity index (χ1) is 7.77. The Kier molecular flexibility index (Phi) is 3.05. The van der Waals surface area contributed by atoms with Crippen LogP contribution in [-0.2, 0) is 11.2 Å². The van der Waals surface area contributed by atoms with Gasteiger partial charge in [-0.2, -0.15) is 0 Å².